The van der Waals surface area contributed by atoms with Crippen LogP contribution >= 0.6 is 0 Å². The van der Waals surface area contributed by atoms with Gasteiger partial charge in [-0.1, -0.05) is 6.07 Å². The molecule has 0 aliphatic rings. The van der Waals surface area contributed by atoms with E-state index in [1.165, 1.54) is 0 Å². The van der Waals surface area contributed by atoms with Gasteiger partial charge in [0.1, 0.15) is 11.6 Å². The van der Waals surface area contributed by atoms with E-state index in [9.17, 15) is 0 Å². The average Bonchev–Trinajstić information content (AvgIpc) is 2.83. The smallest absolute Gasteiger partial charge is 0.203 e. The van der Waals surface area contributed by atoms with Crippen LogP contribution in [0.3, 0.4) is 0 Å². The Kier molecular flexibility index (Phi) is 8.09. The summed E-state index contributed by atoms with van der Waals surface area (Å²) in [6, 6.07) is 9.51. The SMILES string of the molecule is CN=C(N)Nc1nc(Cc2ccc(OC)c(OC)c2OC)nc2cc(NCCCO)ccc12. The summed E-state index contributed by atoms with van der Waals surface area (Å²) in [5.41, 5.74) is 8.39. The number of nitrogens with one attached hydrogen (secondary N) is 2. The quantitative estimate of drug-likeness (QED) is 0.207. The summed E-state index contributed by atoms with van der Waals surface area (Å²) in [6.45, 7) is 0.785. The number of guanidine groups is 1. The maximum atomic E-state index is 9.03. The zero-order chi connectivity index (χ0) is 23.8. The number of nitrogens with two attached hydrogens (primary N) is 1. The third-order valence-electron chi connectivity index (χ3n) is 5.03. The Hall–Kier alpha value is -3.79. The molecule has 0 amide bonds. The van der Waals surface area contributed by atoms with Crippen molar-refractivity contribution >= 4 is 28.4 Å². The van der Waals surface area contributed by atoms with E-state index >= 15 is 0 Å². The summed E-state index contributed by atoms with van der Waals surface area (Å²) in [5, 5.41) is 16.2. The summed E-state index contributed by atoms with van der Waals surface area (Å²) in [7, 11) is 6.33. The Labute approximate surface area is 192 Å². The minimum Gasteiger partial charge on any atom is -0.493 e. The Morgan fingerprint density at radius 3 is 2.52 bits per heavy atom. The average molecular weight is 455 g/mol. The lowest BCUT2D eigenvalue weighted by atomic mass is 10.1. The van der Waals surface area contributed by atoms with E-state index in [1.807, 2.05) is 30.3 Å². The van der Waals surface area contributed by atoms with Crippen molar-refractivity contribution in [2.24, 2.45) is 10.7 Å². The van der Waals surface area contributed by atoms with E-state index in [0.29, 0.717) is 48.3 Å². The van der Waals surface area contributed by atoms with Gasteiger partial charge in [-0.05, 0) is 30.7 Å². The highest BCUT2D eigenvalue weighted by Crippen LogP contribution is 2.40. The number of benzene rings is 2. The van der Waals surface area contributed by atoms with Crippen molar-refractivity contribution in [3.05, 3.63) is 41.7 Å². The maximum Gasteiger partial charge on any atom is 0.203 e. The second-order valence-electron chi connectivity index (χ2n) is 7.13. The molecule has 0 aliphatic carbocycles. The largest absolute Gasteiger partial charge is 0.493 e. The van der Waals surface area contributed by atoms with Crippen molar-refractivity contribution in [1.29, 1.82) is 0 Å². The molecule has 10 nitrogen and oxygen atoms in total. The molecule has 3 aromatic rings. The Bertz CT molecular complexity index is 1140. The molecule has 0 fully saturated rings. The molecule has 0 bridgehead atoms. The van der Waals surface area contributed by atoms with Crippen LogP contribution in [0.1, 0.15) is 17.8 Å². The molecule has 0 atom stereocenters. The van der Waals surface area contributed by atoms with Gasteiger partial charge < -0.3 is 35.7 Å². The predicted octanol–water partition coefficient (Wildman–Crippen LogP) is 2.40. The Balaban J connectivity index is 2.06. The predicted molar refractivity (Wildman–Crippen MR) is 130 cm³/mol. The van der Waals surface area contributed by atoms with Gasteiger partial charge in [0.25, 0.3) is 0 Å². The van der Waals surface area contributed by atoms with Gasteiger partial charge in [-0.3, -0.25) is 4.99 Å². The molecule has 0 unspecified atom stereocenters. The van der Waals surface area contributed by atoms with Crippen LogP contribution in [0.2, 0.25) is 0 Å². The number of hydrogen-bond donors (Lipinski definition) is 4. The monoisotopic (exact) mass is 454 g/mol. The fourth-order valence-electron chi connectivity index (χ4n) is 3.42. The molecule has 0 radical (unpaired) electrons. The lowest BCUT2D eigenvalue weighted by Crippen LogP contribution is -2.23. The van der Waals surface area contributed by atoms with Crippen molar-refractivity contribution in [2.45, 2.75) is 12.8 Å². The molecular formula is C23H30N6O4. The molecule has 0 saturated carbocycles. The summed E-state index contributed by atoms with van der Waals surface area (Å²) in [5.74, 6) is 3.00. The minimum absolute atomic E-state index is 0.129. The third-order valence-corrected chi connectivity index (χ3v) is 5.03. The zero-order valence-electron chi connectivity index (χ0n) is 19.3. The van der Waals surface area contributed by atoms with Crippen LogP contribution in [0.15, 0.2) is 35.3 Å². The van der Waals surface area contributed by atoms with Gasteiger partial charge in [0.05, 0.1) is 26.8 Å². The van der Waals surface area contributed by atoms with Crippen molar-refractivity contribution in [2.75, 3.05) is 52.2 Å². The Morgan fingerprint density at radius 2 is 1.85 bits per heavy atom. The molecule has 33 heavy (non-hydrogen) atoms. The van der Waals surface area contributed by atoms with Crippen molar-refractivity contribution < 1.29 is 19.3 Å². The highest BCUT2D eigenvalue weighted by Gasteiger charge is 2.18. The number of hydrogen-bond acceptors (Lipinski definition) is 8. The fraction of sp³-hybridized carbons (Fsp3) is 0.348. The van der Waals surface area contributed by atoms with Gasteiger partial charge in [0.2, 0.25) is 5.75 Å². The molecule has 0 aliphatic heterocycles. The number of aliphatic hydroxyl groups excluding tert-OH is 1. The molecule has 176 valence electrons. The van der Waals surface area contributed by atoms with Crippen molar-refractivity contribution in [1.82, 2.24) is 9.97 Å². The first-order valence-corrected chi connectivity index (χ1v) is 10.5. The summed E-state index contributed by atoms with van der Waals surface area (Å²) >= 11 is 0. The van der Waals surface area contributed by atoms with Gasteiger partial charge in [-0.25, -0.2) is 9.97 Å². The first-order chi connectivity index (χ1) is 16.0. The van der Waals surface area contributed by atoms with Gasteiger partial charge in [-0.15, -0.1) is 0 Å². The van der Waals surface area contributed by atoms with E-state index in [0.717, 1.165) is 22.2 Å². The third kappa shape index (κ3) is 5.53. The highest BCUT2D eigenvalue weighted by atomic mass is 16.5. The van der Waals surface area contributed by atoms with Crippen molar-refractivity contribution in [3.63, 3.8) is 0 Å². The molecule has 0 saturated heterocycles. The second-order valence-corrected chi connectivity index (χ2v) is 7.13. The molecular weight excluding hydrogens is 424 g/mol. The number of aromatic nitrogens is 2. The lowest BCUT2D eigenvalue weighted by Gasteiger charge is -2.16. The summed E-state index contributed by atoms with van der Waals surface area (Å²) in [6.07, 6.45) is 1.04. The molecule has 10 heteroatoms. The summed E-state index contributed by atoms with van der Waals surface area (Å²) in [4.78, 5) is 13.5. The van der Waals surface area contributed by atoms with Crippen LogP contribution in [0.25, 0.3) is 10.9 Å². The van der Waals surface area contributed by atoms with Crippen LogP contribution < -0.4 is 30.6 Å². The van der Waals surface area contributed by atoms with E-state index in [4.69, 9.17) is 35.0 Å². The number of aliphatic imine (C=N–C) groups is 1. The molecule has 2 aromatic carbocycles. The first kappa shape index (κ1) is 23.9. The molecule has 1 aromatic heterocycles. The van der Waals surface area contributed by atoms with E-state index in [-0.39, 0.29) is 12.6 Å². The highest BCUT2D eigenvalue weighted by molar-refractivity contribution is 6.00. The number of anilines is 2. The zero-order valence-corrected chi connectivity index (χ0v) is 19.3. The van der Waals surface area contributed by atoms with E-state index in [1.54, 1.807) is 28.4 Å². The second kappa shape index (κ2) is 11.2. The first-order valence-electron chi connectivity index (χ1n) is 10.5. The molecule has 1 heterocycles. The number of rotatable bonds is 10. The number of methoxy groups -OCH3 is 3. The normalized spacial score (nSPS) is 11.4. The number of fused-ring (bicyclic) bond motifs is 1. The Morgan fingerprint density at radius 1 is 1.06 bits per heavy atom. The number of ether oxygens (including phenoxy) is 3. The van der Waals surface area contributed by atoms with E-state index in [2.05, 4.69) is 15.6 Å². The minimum atomic E-state index is 0.129. The molecule has 0 spiro atoms. The van der Waals surface area contributed by atoms with Crippen LogP contribution in [0, 0.1) is 0 Å². The van der Waals surface area contributed by atoms with Gasteiger partial charge in [0.15, 0.2) is 17.5 Å². The number of aliphatic hydroxyl groups is 1. The van der Waals surface area contributed by atoms with Crippen LogP contribution in [-0.4, -0.2) is 62.6 Å². The topological polar surface area (TPSA) is 136 Å². The van der Waals surface area contributed by atoms with E-state index < -0.39 is 0 Å². The van der Waals surface area contributed by atoms with Gasteiger partial charge >= 0.3 is 0 Å². The maximum absolute atomic E-state index is 9.03. The fourth-order valence-corrected chi connectivity index (χ4v) is 3.42. The number of nitrogens with zero attached hydrogens (tertiary/aromatic N) is 3. The molecule has 5 N–H and O–H groups in total. The summed E-state index contributed by atoms with van der Waals surface area (Å²) < 4.78 is 16.5. The van der Waals surface area contributed by atoms with Gasteiger partial charge in [0, 0.05) is 43.3 Å². The molecule has 3 rings (SSSR count). The van der Waals surface area contributed by atoms with Crippen LogP contribution in [-0.2, 0) is 6.42 Å². The van der Waals surface area contributed by atoms with Gasteiger partial charge in [-0.2, -0.15) is 0 Å². The van der Waals surface area contributed by atoms with Crippen LogP contribution in [0.5, 0.6) is 17.2 Å². The standard InChI is InChI=1S/C23H30N6O4/c1-25-23(24)29-22-16-8-7-15(26-10-5-11-30)13-17(16)27-19(28-22)12-14-6-9-18(31-2)21(33-4)20(14)32-3/h6-9,13,26,30H,5,10-12H2,1-4H3,(H3,24,25,27,28,29). The van der Waals surface area contributed by atoms with Crippen molar-refractivity contribution in [3.8, 4) is 17.2 Å². The van der Waals surface area contributed by atoms with Crippen LogP contribution in [0.4, 0.5) is 11.5 Å². The lowest BCUT2D eigenvalue weighted by molar-refractivity contribution is 0.292.